The zero-order chi connectivity index (χ0) is 24.2. The van der Waals surface area contributed by atoms with Crippen molar-refractivity contribution in [3.63, 3.8) is 0 Å². The zero-order valence-corrected chi connectivity index (χ0v) is 19.2. The number of carbonyl (C=O) groups excluding carboxylic acids is 2. The van der Waals surface area contributed by atoms with E-state index in [1.807, 2.05) is 6.07 Å². The Labute approximate surface area is 201 Å². The third-order valence-electron chi connectivity index (χ3n) is 5.85. The molecule has 0 bridgehead atoms. The van der Waals surface area contributed by atoms with Crippen LogP contribution in [-0.2, 0) is 9.59 Å². The summed E-state index contributed by atoms with van der Waals surface area (Å²) in [5.74, 6) is -0.283. The molecule has 1 saturated heterocycles. The van der Waals surface area contributed by atoms with Gasteiger partial charge in [0.05, 0.1) is 17.2 Å². The molecular formula is C24H24N6O3S. The highest BCUT2D eigenvalue weighted by atomic mass is 32.2. The summed E-state index contributed by atoms with van der Waals surface area (Å²) in [5, 5.41) is 31.9. The molecule has 4 N–H and O–H groups in total. The maximum atomic E-state index is 12.3. The van der Waals surface area contributed by atoms with Crippen LogP contribution in [0.15, 0.2) is 35.4 Å². The van der Waals surface area contributed by atoms with Gasteiger partial charge in [0.1, 0.15) is 28.2 Å². The number of pyridine rings is 1. The number of nitrogens with zero attached hydrogens (tertiary/aromatic N) is 4. The van der Waals surface area contributed by atoms with Gasteiger partial charge < -0.3 is 21.1 Å². The molecule has 34 heavy (non-hydrogen) atoms. The maximum absolute atomic E-state index is 12.3. The molecule has 4 rings (SSSR count). The van der Waals surface area contributed by atoms with Crippen LogP contribution in [-0.4, -0.2) is 52.5 Å². The van der Waals surface area contributed by atoms with Crippen LogP contribution in [0, 0.1) is 22.7 Å². The second-order valence-corrected chi connectivity index (χ2v) is 9.46. The third kappa shape index (κ3) is 4.98. The van der Waals surface area contributed by atoms with Crippen LogP contribution in [0.25, 0.3) is 0 Å². The third-order valence-corrected chi connectivity index (χ3v) is 7.11. The summed E-state index contributed by atoms with van der Waals surface area (Å²) in [7, 11) is 0. The highest BCUT2D eigenvalue weighted by Crippen LogP contribution is 2.47. The van der Waals surface area contributed by atoms with Crippen molar-refractivity contribution in [3.8, 4) is 12.1 Å². The highest BCUT2D eigenvalue weighted by molar-refractivity contribution is 8.00. The molecule has 9 nitrogen and oxygen atoms in total. The van der Waals surface area contributed by atoms with Crippen molar-refractivity contribution in [2.75, 3.05) is 25.0 Å². The van der Waals surface area contributed by atoms with Crippen LogP contribution in [0.3, 0.4) is 0 Å². The minimum atomic E-state index is -0.756. The Balaban J connectivity index is 1.64. The Morgan fingerprint density at radius 3 is 2.44 bits per heavy atom. The van der Waals surface area contributed by atoms with Gasteiger partial charge in [-0.1, -0.05) is 42.1 Å². The first-order valence-electron chi connectivity index (χ1n) is 11.0. The number of likely N-dealkylation sites (tertiary alicyclic amines) is 1. The van der Waals surface area contributed by atoms with E-state index in [-0.39, 0.29) is 24.8 Å². The number of nitriles is 2. The number of nitrogens with one attached hydrogen (secondary N) is 1. The molecule has 2 heterocycles. The number of β-amino-alcohol motifs (C(OH)–C–C–N with tert-alkyl or cyclic N) is 1. The molecule has 1 atom stereocenters. The number of primary amides is 1. The number of aliphatic hydroxyl groups is 1. The average Bonchev–Trinajstić information content (AvgIpc) is 3.65. The summed E-state index contributed by atoms with van der Waals surface area (Å²) in [4.78, 5) is 30.6. The second kappa shape index (κ2) is 10.1. The molecule has 1 aliphatic carbocycles. The maximum Gasteiger partial charge on any atom is 0.235 e. The number of thioether (sulfide) groups is 1. The Kier molecular flexibility index (Phi) is 7.01. The van der Waals surface area contributed by atoms with E-state index in [1.165, 1.54) is 0 Å². The van der Waals surface area contributed by atoms with Crippen molar-refractivity contribution in [1.82, 2.24) is 9.88 Å². The summed E-state index contributed by atoms with van der Waals surface area (Å²) in [6.45, 7) is 0.904. The number of carbonyl (C=O) groups is 2. The van der Waals surface area contributed by atoms with Crippen LogP contribution in [0.5, 0.6) is 0 Å². The summed E-state index contributed by atoms with van der Waals surface area (Å²) < 4.78 is 0. The fourth-order valence-electron chi connectivity index (χ4n) is 3.93. The summed E-state index contributed by atoms with van der Waals surface area (Å²) in [5.41, 5.74) is 7.61. The quantitative estimate of drug-likeness (QED) is 0.464. The fourth-order valence-corrected chi connectivity index (χ4v) is 4.98. The van der Waals surface area contributed by atoms with Gasteiger partial charge in [-0.25, -0.2) is 4.98 Å². The van der Waals surface area contributed by atoms with Gasteiger partial charge >= 0.3 is 0 Å². The Morgan fingerprint density at radius 2 is 1.88 bits per heavy atom. The highest BCUT2D eigenvalue weighted by Gasteiger charge is 2.34. The number of aliphatic hydroxyl groups excluding tert-OH is 1. The molecule has 1 saturated carbocycles. The van der Waals surface area contributed by atoms with Crippen molar-refractivity contribution in [2.45, 2.75) is 41.6 Å². The molecule has 0 spiro atoms. The Hall–Kier alpha value is -3.60. The number of nitrogens with two attached hydrogens (primary N) is 1. The molecule has 1 aliphatic heterocycles. The first-order valence-corrected chi connectivity index (χ1v) is 11.9. The van der Waals surface area contributed by atoms with Gasteiger partial charge in [-0.2, -0.15) is 10.5 Å². The van der Waals surface area contributed by atoms with Crippen molar-refractivity contribution < 1.29 is 14.7 Å². The minimum Gasteiger partial charge on any atom is -0.389 e. The van der Waals surface area contributed by atoms with Crippen molar-refractivity contribution in [3.05, 3.63) is 52.6 Å². The minimum absolute atomic E-state index is 0.0835. The number of anilines is 1. The molecule has 1 aromatic carbocycles. The van der Waals surface area contributed by atoms with Crippen LogP contribution in [0.1, 0.15) is 52.7 Å². The van der Waals surface area contributed by atoms with Crippen molar-refractivity contribution >= 4 is 29.4 Å². The van der Waals surface area contributed by atoms with Gasteiger partial charge in [0.2, 0.25) is 11.8 Å². The standard InChI is InChI=1S/C24H24N6O3S/c25-10-17-20(14-6-7-14)18(11-26)24(34-21(22(27)33)15-4-2-1-3-5-15)29-23(17)28-9-8-19(32)30-12-16(31)13-30/h1-5,14,16,21,31H,6-9,12-13H2,(H2,27,33)(H,28,29). The lowest BCUT2D eigenvalue weighted by molar-refractivity contribution is -0.140. The van der Waals surface area contributed by atoms with Gasteiger partial charge in [-0.15, -0.1) is 0 Å². The van der Waals surface area contributed by atoms with E-state index in [0.717, 1.165) is 24.6 Å². The molecule has 2 amide bonds. The molecule has 1 unspecified atom stereocenters. The zero-order valence-electron chi connectivity index (χ0n) is 18.4. The van der Waals surface area contributed by atoms with Gasteiger partial charge in [0.25, 0.3) is 0 Å². The lowest BCUT2D eigenvalue weighted by Gasteiger charge is -2.35. The lowest BCUT2D eigenvalue weighted by atomic mass is 10.00. The Bertz CT molecular complexity index is 1180. The number of amides is 2. The van der Waals surface area contributed by atoms with Gasteiger partial charge in [0.15, 0.2) is 0 Å². The molecule has 0 radical (unpaired) electrons. The predicted molar refractivity (Wildman–Crippen MR) is 126 cm³/mol. The molecule has 2 aromatic rings. The Morgan fingerprint density at radius 1 is 1.21 bits per heavy atom. The van der Waals surface area contributed by atoms with Crippen LogP contribution >= 0.6 is 11.8 Å². The fraction of sp³-hybridized carbons (Fsp3) is 0.375. The first kappa shape index (κ1) is 23.6. The number of hydrogen-bond donors (Lipinski definition) is 3. The average molecular weight is 477 g/mol. The molecule has 10 heteroatoms. The largest absolute Gasteiger partial charge is 0.389 e. The van der Waals surface area contributed by atoms with Gasteiger partial charge in [0, 0.05) is 26.1 Å². The number of benzene rings is 1. The van der Waals surface area contributed by atoms with Crippen LogP contribution in [0.4, 0.5) is 5.82 Å². The summed E-state index contributed by atoms with van der Waals surface area (Å²) >= 11 is 1.09. The molecule has 174 valence electrons. The smallest absolute Gasteiger partial charge is 0.235 e. The first-order chi connectivity index (χ1) is 16.4. The van der Waals surface area contributed by atoms with E-state index in [2.05, 4.69) is 22.4 Å². The van der Waals surface area contributed by atoms with E-state index in [1.54, 1.807) is 29.2 Å². The van der Waals surface area contributed by atoms with Crippen LogP contribution < -0.4 is 11.1 Å². The van der Waals surface area contributed by atoms with Gasteiger partial charge in [-0.3, -0.25) is 9.59 Å². The van der Waals surface area contributed by atoms with Crippen molar-refractivity contribution in [1.29, 1.82) is 10.5 Å². The molecule has 1 aromatic heterocycles. The molecule has 2 aliphatic rings. The van der Waals surface area contributed by atoms with E-state index in [0.29, 0.717) is 46.2 Å². The monoisotopic (exact) mass is 476 g/mol. The van der Waals surface area contributed by atoms with Crippen molar-refractivity contribution in [2.24, 2.45) is 5.73 Å². The summed E-state index contributed by atoms with van der Waals surface area (Å²) in [6.07, 6.45) is 1.44. The topological polar surface area (TPSA) is 156 Å². The molecule has 2 fully saturated rings. The number of aromatic nitrogens is 1. The number of rotatable bonds is 9. The van der Waals surface area contributed by atoms with E-state index >= 15 is 0 Å². The van der Waals surface area contributed by atoms with E-state index in [4.69, 9.17) is 5.73 Å². The molecular weight excluding hydrogens is 452 g/mol. The lowest BCUT2D eigenvalue weighted by Crippen LogP contribution is -2.53. The SMILES string of the molecule is N#Cc1c(NCCC(=O)N2CC(O)C2)nc(SC(C(N)=O)c2ccccc2)c(C#N)c1C1CC1. The predicted octanol–water partition coefficient (Wildman–Crippen LogP) is 2.03. The van der Waals surface area contributed by atoms with E-state index in [9.17, 15) is 25.2 Å². The normalized spacial score (nSPS) is 16.1. The van der Waals surface area contributed by atoms with E-state index < -0.39 is 17.3 Å². The number of hydrogen-bond acceptors (Lipinski definition) is 8. The second-order valence-electron chi connectivity index (χ2n) is 8.37. The summed E-state index contributed by atoms with van der Waals surface area (Å²) in [6, 6.07) is 13.4. The van der Waals surface area contributed by atoms with Gasteiger partial charge in [-0.05, 0) is 29.9 Å². The van der Waals surface area contributed by atoms with Crippen LogP contribution in [0.2, 0.25) is 0 Å².